The molecule has 0 spiro atoms. The number of carbonyl (C=O) groups is 1. The maximum atomic E-state index is 10.5. The first-order valence-corrected chi connectivity index (χ1v) is 5.02. The van der Waals surface area contributed by atoms with E-state index in [4.69, 9.17) is 9.15 Å². The molecular formula is C11H15NO3. The van der Waals surface area contributed by atoms with Crippen molar-refractivity contribution in [2.45, 2.75) is 18.9 Å². The number of methoxy groups -OCH3 is 1. The van der Waals surface area contributed by atoms with Crippen LogP contribution in [-0.4, -0.2) is 32.1 Å². The molecule has 15 heavy (non-hydrogen) atoms. The molecule has 0 N–H and O–H groups in total. The summed E-state index contributed by atoms with van der Waals surface area (Å²) in [4.78, 5) is 12.6. The Balaban J connectivity index is 2.10. The molecule has 4 nitrogen and oxygen atoms in total. The minimum atomic E-state index is -0.103. The predicted molar refractivity (Wildman–Crippen MR) is 56.3 cm³/mol. The summed E-state index contributed by atoms with van der Waals surface area (Å²) in [5, 5.41) is 0. The number of aldehydes is 1. The van der Waals surface area contributed by atoms with E-state index in [2.05, 4.69) is 11.8 Å². The Hall–Kier alpha value is -1.29. The van der Waals surface area contributed by atoms with Gasteiger partial charge in [-0.2, -0.15) is 0 Å². The van der Waals surface area contributed by atoms with E-state index in [1.165, 1.54) is 0 Å². The smallest absolute Gasteiger partial charge is 0.196 e. The van der Waals surface area contributed by atoms with Crippen LogP contribution in [0.4, 0.5) is 5.88 Å². The molecule has 1 fully saturated rings. The molecule has 1 aromatic heterocycles. The van der Waals surface area contributed by atoms with E-state index >= 15 is 0 Å². The Morgan fingerprint density at radius 1 is 1.60 bits per heavy atom. The van der Waals surface area contributed by atoms with Crippen molar-refractivity contribution in [3.8, 4) is 0 Å². The van der Waals surface area contributed by atoms with Crippen molar-refractivity contribution in [3.05, 3.63) is 17.9 Å². The highest BCUT2D eigenvalue weighted by atomic mass is 16.5. The van der Waals surface area contributed by atoms with Gasteiger partial charge >= 0.3 is 0 Å². The van der Waals surface area contributed by atoms with Crippen LogP contribution in [0, 0.1) is 0 Å². The van der Waals surface area contributed by atoms with Crippen molar-refractivity contribution in [2.24, 2.45) is 0 Å². The van der Waals surface area contributed by atoms with Crippen molar-refractivity contribution >= 4 is 12.2 Å². The van der Waals surface area contributed by atoms with E-state index in [0.29, 0.717) is 5.76 Å². The number of rotatable bonds is 3. The van der Waals surface area contributed by atoms with E-state index in [0.717, 1.165) is 31.7 Å². The highest BCUT2D eigenvalue weighted by Gasteiger charge is 2.34. The molecule has 0 bridgehead atoms. The summed E-state index contributed by atoms with van der Waals surface area (Å²) in [7, 11) is 1.72. The molecule has 1 aromatic rings. The summed E-state index contributed by atoms with van der Waals surface area (Å²) in [6, 6.07) is 3.51. The number of furan rings is 1. The molecule has 0 aliphatic carbocycles. The summed E-state index contributed by atoms with van der Waals surface area (Å²) < 4.78 is 10.8. The van der Waals surface area contributed by atoms with Crippen molar-refractivity contribution in [2.75, 3.05) is 25.1 Å². The lowest BCUT2D eigenvalue weighted by atomic mass is 10.1. The van der Waals surface area contributed by atoms with Crippen LogP contribution < -0.4 is 4.90 Å². The van der Waals surface area contributed by atoms with Crippen LogP contribution in [0.5, 0.6) is 0 Å². The van der Waals surface area contributed by atoms with Crippen LogP contribution in [0.25, 0.3) is 0 Å². The number of hydrogen-bond acceptors (Lipinski definition) is 4. The number of hydrogen-bond donors (Lipinski definition) is 0. The minimum absolute atomic E-state index is 0.103. The number of anilines is 1. The zero-order chi connectivity index (χ0) is 10.9. The summed E-state index contributed by atoms with van der Waals surface area (Å²) in [5.74, 6) is 1.12. The van der Waals surface area contributed by atoms with Crippen LogP contribution in [0.15, 0.2) is 16.5 Å². The maximum absolute atomic E-state index is 10.5. The molecule has 1 atom stereocenters. The van der Waals surface area contributed by atoms with E-state index in [9.17, 15) is 4.79 Å². The Kier molecular flexibility index (Phi) is 2.52. The van der Waals surface area contributed by atoms with Crippen molar-refractivity contribution < 1.29 is 13.9 Å². The molecule has 1 unspecified atom stereocenters. The summed E-state index contributed by atoms with van der Waals surface area (Å²) in [6.07, 6.45) is 1.69. The topological polar surface area (TPSA) is 42.7 Å². The average Bonchev–Trinajstić information content (AvgIpc) is 2.84. The highest BCUT2D eigenvalue weighted by Crippen LogP contribution is 2.29. The summed E-state index contributed by atoms with van der Waals surface area (Å²) in [6.45, 7) is 3.78. The third kappa shape index (κ3) is 1.90. The van der Waals surface area contributed by atoms with E-state index in [1.54, 1.807) is 13.2 Å². The van der Waals surface area contributed by atoms with Gasteiger partial charge in [-0.3, -0.25) is 4.79 Å². The van der Waals surface area contributed by atoms with Gasteiger partial charge in [0.15, 0.2) is 17.9 Å². The molecule has 0 amide bonds. The Morgan fingerprint density at radius 3 is 2.93 bits per heavy atom. The molecule has 1 saturated heterocycles. The Labute approximate surface area is 88.8 Å². The van der Waals surface area contributed by atoms with Crippen LogP contribution >= 0.6 is 0 Å². The molecule has 1 aliphatic heterocycles. The molecule has 0 radical (unpaired) electrons. The number of carbonyl (C=O) groups excluding carboxylic acids is 1. The molecule has 4 heteroatoms. The molecule has 82 valence electrons. The van der Waals surface area contributed by atoms with Gasteiger partial charge in [0.05, 0.1) is 5.60 Å². The Bertz CT molecular complexity index is 360. The van der Waals surface area contributed by atoms with Gasteiger partial charge in [0.25, 0.3) is 0 Å². The fourth-order valence-corrected chi connectivity index (χ4v) is 1.86. The van der Waals surface area contributed by atoms with Gasteiger partial charge in [-0.1, -0.05) is 0 Å². The number of nitrogens with zero attached hydrogens (tertiary/aromatic N) is 1. The monoisotopic (exact) mass is 209 g/mol. The second-order valence-electron chi connectivity index (χ2n) is 4.12. The fraction of sp³-hybridized carbons (Fsp3) is 0.545. The van der Waals surface area contributed by atoms with Crippen molar-refractivity contribution in [1.29, 1.82) is 0 Å². The van der Waals surface area contributed by atoms with Gasteiger partial charge in [-0.05, 0) is 19.4 Å². The minimum Gasteiger partial charge on any atom is -0.438 e. The van der Waals surface area contributed by atoms with Crippen molar-refractivity contribution in [3.63, 3.8) is 0 Å². The second kappa shape index (κ2) is 3.70. The predicted octanol–water partition coefficient (Wildman–Crippen LogP) is 1.71. The molecular weight excluding hydrogens is 194 g/mol. The van der Waals surface area contributed by atoms with Crippen LogP contribution in [0.2, 0.25) is 0 Å². The van der Waals surface area contributed by atoms with Gasteiger partial charge in [0.2, 0.25) is 0 Å². The SMILES string of the molecule is COC1(C)CCN(c2ccc(C=O)o2)C1. The van der Waals surface area contributed by atoms with Crippen LogP contribution in [0.3, 0.4) is 0 Å². The van der Waals surface area contributed by atoms with E-state index in [1.807, 2.05) is 6.07 Å². The maximum Gasteiger partial charge on any atom is 0.196 e. The quantitative estimate of drug-likeness (QED) is 0.711. The second-order valence-corrected chi connectivity index (χ2v) is 4.12. The van der Waals surface area contributed by atoms with E-state index in [-0.39, 0.29) is 5.60 Å². The average molecular weight is 209 g/mol. The van der Waals surface area contributed by atoms with Crippen molar-refractivity contribution in [1.82, 2.24) is 0 Å². The third-order valence-corrected chi connectivity index (χ3v) is 2.97. The molecule has 0 aromatic carbocycles. The first-order valence-electron chi connectivity index (χ1n) is 5.02. The highest BCUT2D eigenvalue weighted by molar-refractivity contribution is 5.71. The van der Waals surface area contributed by atoms with Gasteiger partial charge in [-0.15, -0.1) is 0 Å². The van der Waals surface area contributed by atoms with E-state index < -0.39 is 0 Å². The first-order chi connectivity index (χ1) is 7.17. The third-order valence-electron chi connectivity index (χ3n) is 2.97. The molecule has 0 saturated carbocycles. The zero-order valence-electron chi connectivity index (χ0n) is 9.03. The standard InChI is InChI=1S/C11H15NO3/c1-11(14-2)5-6-12(8-11)10-4-3-9(7-13)15-10/h3-4,7H,5-6,8H2,1-2H3. The first kappa shape index (κ1) is 10.2. The Morgan fingerprint density at radius 2 is 2.40 bits per heavy atom. The van der Waals surface area contributed by atoms with Gasteiger partial charge < -0.3 is 14.1 Å². The largest absolute Gasteiger partial charge is 0.438 e. The molecule has 2 heterocycles. The van der Waals surface area contributed by atoms with Crippen LogP contribution in [-0.2, 0) is 4.74 Å². The zero-order valence-corrected chi connectivity index (χ0v) is 9.03. The molecule has 2 rings (SSSR count). The summed E-state index contributed by atoms with van der Waals surface area (Å²) in [5.41, 5.74) is -0.103. The van der Waals surface area contributed by atoms with Gasteiger partial charge in [0, 0.05) is 26.3 Å². The molecule has 1 aliphatic rings. The van der Waals surface area contributed by atoms with Gasteiger partial charge in [-0.25, -0.2) is 0 Å². The lowest BCUT2D eigenvalue weighted by molar-refractivity contribution is 0.0255. The normalized spacial score (nSPS) is 25.9. The lowest BCUT2D eigenvalue weighted by Gasteiger charge is -2.22. The fourth-order valence-electron chi connectivity index (χ4n) is 1.86. The van der Waals surface area contributed by atoms with Gasteiger partial charge in [0.1, 0.15) is 0 Å². The summed E-state index contributed by atoms with van der Waals surface area (Å²) >= 11 is 0. The lowest BCUT2D eigenvalue weighted by Crippen LogP contribution is -2.31. The number of ether oxygens (including phenoxy) is 1. The van der Waals surface area contributed by atoms with Crippen LogP contribution in [0.1, 0.15) is 23.9 Å².